The highest BCUT2D eigenvalue weighted by Gasteiger charge is 2.34. The van der Waals surface area contributed by atoms with Gasteiger partial charge in [0.2, 0.25) is 0 Å². The topological polar surface area (TPSA) is 133 Å². The minimum Gasteiger partial charge on any atom is -0.477 e. The van der Waals surface area contributed by atoms with Gasteiger partial charge < -0.3 is 15.7 Å². The molecular formula is C24H27Cl2N4O3S+. The first-order chi connectivity index (χ1) is 16.3. The number of carbonyl (C=O) groups excluding carboxylic acids is 1. The number of carboxylic acid groups (broad SMARTS) is 1. The van der Waals surface area contributed by atoms with E-state index in [9.17, 15) is 14.7 Å². The molecule has 7 nitrogen and oxygen atoms in total. The summed E-state index contributed by atoms with van der Waals surface area (Å²) in [5.41, 5.74) is 16.5. The fourth-order valence-electron chi connectivity index (χ4n) is 3.55. The van der Waals surface area contributed by atoms with Gasteiger partial charge in [0.05, 0.1) is 22.3 Å². The van der Waals surface area contributed by atoms with Gasteiger partial charge in [-0.2, -0.15) is 5.53 Å². The maximum atomic E-state index is 13.8. The number of hydrogen-bond acceptors (Lipinski definition) is 5. The molecule has 0 bridgehead atoms. The molecule has 3 rings (SSSR count). The van der Waals surface area contributed by atoms with Crippen LogP contribution in [0.4, 0.5) is 5.69 Å². The van der Waals surface area contributed by atoms with Crippen LogP contribution in [0, 0.1) is 11.4 Å². The van der Waals surface area contributed by atoms with Crippen molar-refractivity contribution in [3.05, 3.63) is 75.1 Å². The molecule has 6 N–H and O–H groups in total. The summed E-state index contributed by atoms with van der Waals surface area (Å²) in [6.45, 7) is 4.17. The molecule has 10 heteroatoms. The lowest BCUT2D eigenvalue weighted by molar-refractivity contribution is -0.249. The van der Waals surface area contributed by atoms with Crippen molar-refractivity contribution < 1.29 is 20.2 Å². The number of carboxylic acids is 1. The fraction of sp³-hybridized carbons (Fsp3) is 0.250. The summed E-state index contributed by atoms with van der Waals surface area (Å²) >= 11 is 13.5. The third kappa shape index (κ3) is 6.01. The molecule has 0 saturated carbocycles. The van der Waals surface area contributed by atoms with Crippen molar-refractivity contribution in [1.29, 1.82) is 5.53 Å². The van der Waals surface area contributed by atoms with E-state index in [1.165, 1.54) is 11.0 Å². The smallest absolute Gasteiger partial charge is 0.348 e. The van der Waals surface area contributed by atoms with E-state index >= 15 is 0 Å². The van der Waals surface area contributed by atoms with Crippen LogP contribution in [0.25, 0.3) is 10.4 Å². The van der Waals surface area contributed by atoms with Crippen molar-refractivity contribution in [2.75, 3.05) is 11.4 Å². The van der Waals surface area contributed by atoms with Crippen LogP contribution in [0.3, 0.4) is 0 Å². The summed E-state index contributed by atoms with van der Waals surface area (Å²) in [5, 5.41) is 10.6. The lowest BCUT2D eigenvalue weighted by Crippen LogP contribution is -2.48. The molecule has 180 valence electrons. The molecule has 1 aromatic heterocycles. The third-order valence-corrected chi connectivity index (χ3v) is 7.19. The van der Waals surface area contributed by atoms with Crippen LogP contribution in [-0.4, -0.2) is 29.6 Å². The number of nitrogens with zero attached hydrogens (tertiary/aromatic N) is 1. The molecule has 2 unspecified atom stereocenters. The third-order valence-electron chi connectivity index (χ3n) is 5.48. The zero-order valence-corrected chi connectivity index (χ0v) is 21.1. The summed E-state index contributed by atoms with van der Waals surface area (Å²) < 4.78 is 0. The quantitative estimate of drug-likeness (QED) is 0.302. The number of anilines is 1. The second-order valence-electron chi connectivity index (χ2n) is 7.48. The van der Waals surface area contributed by atoms with E-state index in [1.807, 2.05) is 44.2 Å². The van der Waals surface area contributed by atoms with Gasteiger partial charge in [0, 0.05) is 16.4 Å². The van der Waals surface area contributed by atoms with Gasteiger partial charge in [-0.3, -0.25) is 4.79 Å². The van der Waals surface area contributed by atoms with Crippen molar-refractivity contribution in [1.82, 2.24) is 0 Å². The maximum Gasteiger partial charge on any atom is 0.348 e. The van der Waals surface area contributed by atoms with E-state index in [-0.39, 0.29) is 27.9 Å². The Bertz CT molecular complexity index is 1140. The van der Waals surface area contributed by atoms with E-state index < -0.39 is 17.9 Å². The predicted octanol–water partition coefficient (Wildman–Crippen LogP) is 5.22. The van der Waals surface area contributed by atoms with Crippen LogP contribution in [-0.2, 0) is 0 Å². The first-order valence-electron chi connectivity index (χ1n) is 10.5. The molecule has 0 fully saturated rings. The average molecular weight is 522 g/mol. The van der Waals surface area contributed by atoms with Gasteiger partial charge in [-0.15, -0.1) is 11.3 Å². The number of thiophene rings is 1. The number of aromatic carboxylic acids is 1. The van der Waals surface area contributed by atoms with Gasteiger partial charge in [-0.1, -0.05) is 79.3 Å². The van der Waals surface area contributed by atoms with Crippen molar-refractivity contribution in [2.24, 2.45) is 11.7 Å². The highest BCUT2D eigenvalue weighted by Crippen LogP contribution is 2.39. The maximum absolute atomic E-state index is 13.8. The average Bonchev–Trinajstić information content (AvgIpc) is 3.29. The zero-order chi connectivity index (χ0) is 25.4. The normalized spacial score (nSPS) is 12.3. The van der Waals surface area contributed by atoms with Crippen LogP contribution >= 0.6 is 34.5 Å². The molecule has 1 amide bonds. The van der Waals surface area contributed by atoms with E-state index in [2.05, 4.69) is 5.53 Å². The number of hydrogen-bond donors (Lipinski definition) is 4. The molecule has 0 radical (unpaired) electrons. The van der Waals surface area contributed by atoms with Crippen LogP contribution in [0.5, 0.6) is 0 Å². The Labute approximate surface area is 212 Å². The van der Waals surface area contributed by atoms with Crippen LogP contribution < -0.4 is 16.2 Å². The van der Waals surface area contributed by atoms with Crippen LogP contribution in [0.15, 0.2) is 54.6 Å². The van der Waals surface area contributed by atoms with E-state index in [0.717, 1.165) is 28.2 Å². The van der Waals surface area contributed by atoms with Crippen molar-refractivity contribution >= 4 is 52.1 Å². The Hall–Kier alpha value is -2.78. The summed E-state index contributed by atoms with van der Waals surface area (Å²) in [5.74, 6) is -1.49. The molecule has 34 heavy (non-hydrogen) atoms. The van der Waals surface area contributed by atoms with Gasteiger partial charge in [-0.25, -0.2) is 4.79 Å². The summed E-state index contributed by atoms with van der Waals surface area (Å²) in [7, 11) is 0. The summed E-state index contributed by atoms with van der Waals surface area (Å²) in [4.78, 5) is 28.3. The van der Waals surface area contributed by atoms with Gasteiger partial charge in [0.1, 0.15) is 4.88 Å². The Morgan fingerprint density at radius 1 is 1.15 bits per heavy atom. The molecule has 0 aliphatic rings. The minimum atomic E-state index is -1.10. The Morgan fingerprint density at radius 3 is 2.32 bits per heavy atom. The largest absolute Gasteiger partial charge is 0.477 e. The molecular weight excluding hydrogens is 495 g/mol. The van der Waals surface area contributed by atoms with Gasteiger partial charge >= 0.3 is 5.97 Å². The summed E-state index contributed by atoms with van der Waals surface area (Å²) in [6, 6.07) is 15.4. The molecule has 2 aromatic carbocycles. The molecule has 1 heterocycles. The van der Waals surface area contributed by atoms with Crippen molar-refractivity contribution in [2.45, 2.75) is 26.3 Å². The Balaban J connectivity index is 0.00000199. The highest BCUT2D eigenvalue weighted by atomic mass is 35.5. The molecule has 3 aromatic rings. The number of carbonyl (C=O) groups is 2. The Kier molecular flexibility index (Phi) is 10.2. The lowest BCUT2D eigenvalue weighted by Gasteiger charge is -2.35. The number of halogens is 2. The second kappa shape index (κ2) is 12.6. The number of nitrogens with one attached hydrogen (secondary N) is 1. The van der Waals surface area contributed by atoms with E-state index in [0.29, 0.717) is 10.7 Å². The Morgan fingerprint density at radius 2 is 1.79 bits per heavy atom. The predicted molar refractivity (Wildman–Crippen MR) is 137 cm³/mol. The highest BCUT2D eigenvalue weighted by molar-refractivity contribution is 7.18. The fourth-order valence-corrected chi connectivity index (χ4v) is 5.04. The van der Waals surface area contributed by atoms with Crippen molar-refractivity contribution in [3.8, 4) is 10.4 Å². The lowest BCUT2D eigenvalue weighted by atomic mass is 9.96. The van der Waals surface area contributed by atoms with Gasteiger partial charge in [0.25, 0.3) is 5.91 Å². The van der Waals surface area contributed by atoms with Crippen LogP contribution in [0.2, 0.25) is 10.0 Å². The molecule has 0 spiro atoms. The number of amides is 1. The number of rotatable bonds is 8. The number of benzene rings is 2. The van der Waals surface area contributed by atoms with Gasteiger partial charge in [0.15, 0.2) is 0 Å². The standard InChI is InChI=1S/C24H24Cl2N2O3S.H2N2/c1-3-14(2)20(13-27)28(23(29)17-10-9-16(25)11-18(17)26)19-12-21(32-22(19)24(30)31)15-7-5-4-6-8-15;1-2/h4-12,14,20H,3,13,27H2,1-2H3,(H,30,31);1-2H/p+1. The van der Waals surface area contributed by atoms with Crippen LogP contribution in [0.1, 0.15) is 40.3 Å². The molecule has 0 aliphatic heterocycles. The molecule has 0 saturated heterocycles. The van der Waals surface area contributed by atoms with E-state index in [1.54, 1.807) is 18.2 Å². The molecule has 2 atom stereocenters. The first-order valence-corrected chi connectivity index (χ1v) is 12.1. The zero-order valence-electron chi connectivity index (χ0n) is 18.8. The minimum absolute atomic E-state index is 0.0248. The second-order valence-corrected chi connectivity index (χ2v) is 9.38. The van der Waals surface area contributed by atoms with Gasteiger partial charge in [-0.05, 0) is 35.7 Å². The first kappa shape index (κ1) is 27.5. The number of nitrogens with two attached hydrogens (primary N) is 2. The molecule has 0 aliphatic carbocycles. The van der Waals surface area contributed by atoms with E-state index in [4.69, 9.17) is 34.5 Å². The SMILES string of the molecule is CCC(C)C(CN)N(C(=O)c1ccc(Cl)cc1Cl)c1cc(-c2ccccc2)sc1C(=O)O.N=[NH2+]. The summed E-state index contributed by atoms with van der Waals surface area (Å²) in [6.07, 6.45) is 0.762. The monoisotopic (exact) mass is 521 g/mol. The van der Waals surface area contributed by atoms with Crippen molar-refractivity contribution in [3.63, 3.8) is 0 Å².